The average molecular weight is 480 g/mol. The first kappa shape index (κ1) is 23.5. The number of hydrogen-bond donors (Lipinski definition) is 1. The van der Waals surface area contributed by atoms with Crippen molar-refractivity contribution >= 4 is 17.9 Å². The van der Waals surface area contributed by atoms with E-state index in [1.807, 2.05) is 71.0 Å². The molecule has 1 fully saturated rings. The number of hydrogen-bond acceptors (Lipinski definition) is 3. The first-order valence-electron chi connectivity index (χ1n) is 12.3. The maximum Gasteiger partial charge on any atom is 0.270 e. The number of benzene rings is 2. The molecule has 36 heavy (non-hydrogen) atoms. The number of pyridine rings is 1. The van der Waals surface area contributed by atoms with Gasteiger partial charge in [-0.1, -0.05) is 66.2 Å². The second-order valence-corrected chi connectivity index (χ2v) is 9.58. The van der Waals surface area contributed by atoms with Crippen LogP contribution in [0.1, 0.15) is 39.5 Å². The Kier molecular flexibility index (Phi) is 6.67. The fourth-order valence-corrected chi connectivity index (χ4v) is 5.12. The molecule has 2 aliphatic rings. The number of carbonyl (C=O) groups is 2. The van der Waals surface area contributed by atoms with Gasteiger partial charge in [0.1, 0.15) is 5.70 Å². The van der Waals surface area contributed by atoms with Gasteiger partial charge in [0.15, 0.2) is 0 Å². The van der Waals surface area contributed by atoms with E-state index in [2.05, 4.69) is 5.32 Å². The number of nitrogens with zero attached hydrogens (tertiary/aromatic N) is 2. The molecule has 0 radical (unpaired) electrons. The second-order valence-electron chi connectivity index (χ2n) is 9.58. The van der Waals surface area contributed by atoms with Crippen LogP contribution < -0.4 is 10.9 Å². The molecule has 0 saturated carbocycles. The quantitative estimate of drug-likeness (QED) is 0.442. The van der Waals surface area contributed by atoms with Gasteiger partial charge in [-0.2, -0.15) is 0 Å². The summed E-state index contributed by atoms with van der Waals surface area (Å²) < 4.78 is 1.85. The summed E-state index contributed by atoms with van der Waals surface area (Å²) >= 11 is 0. The molecule has 182 valence electrons. The van der Waals surface area contributed by atoms with Crippen molar-refractivity contribution in [2.24, 2.45) is 5.92 Å². The Balaban J connectivity index is 1.40. The van der Waals surface area contributed by atoms with E-state index in [0.717, 1.165) is 23.2 Å². The molecule has 2 unspecified atom stereocenters. The van der Waals surface area contributed by atoms with Crippen molar-refractivity contribution in [2.75, 3.05) is 13.1 Å². The zero-order valence-electron chi connectivity index (χ0n) is 20.3. The number of rotatable bonds is 5. The summed E-state index contributed by atoms with van der Waals surface area (Å²) in [7, 11) is 0. The van der Waals surface area contributed by atoms with Crippen LogP contribution in [-0.4, -0.2) is 34.4 Å². The van der Waals surface area contributed by atoms with Crippen LogP contribution in [0.5, 0.6) is 0 Å². The molecule has 2 aliphatic heterocycles. The molecule has 6 heteroatoms. The van der Waals surface area contributed by atoms with Gasteiger partial charge in [-0.25, -0.2) is 0 Å². The van der Waals surface area contributed by atoms with Gasteiger partial charge in [0, 0.05) is 42.9 Å². The van der Waals surface area contributed by atoms with Gasteiger partial charge in [0.05, 0.1) is 0 Å². The highest BCUT2D eigenvalue weighted by atomic mass is 16.2. The largest absolute Gasteiger partial charge is 0.336 e. The Bertz CT molecular complexity index is 1390. The number of carbonyl (C=O) groups excluding carboxylic acids is 2. The van der Waals surface area contributed by atoms with Crippen molar-refractivity contribution in [3.63, 3.8) is 0 Å². The molecule has 1 aromatic heterocycles. The van der Waals surface area contributed by atoms with Crippen molar-refractivity contribution < 1.29 is 9.59 Å². The topological polar surface area (TPSA) is 71.4 Å². The second kappa shape index (κ2) is 10.2. The van der Waals surface area contributed by atoms with E-state index in [0.29, 0.717) is 25.2 Å². The Morgan fingerprint density at radius 2 is 1.69 bits per heavy atom. The fraction of sp³-hybridized carbons (Fsp3) is 0.233. The summed E-state index contributed by atoms with van der Waals surface area (Å²) in [6, 6.07) is 22.4. The molecule has 2 aromatic carbocycles. The number of aryl methyl sites for hydroxylation is 1. The van der Waals surface area contributed by atoms with Gasteiger partial charge in [-0.05, 0) is 49.1 Å². The van der Waals surface area contributed by atoms with Crippen LogP contribution in [0.2, 0.25) is 0 Å². The van der Waals surface area contributed by atoms with Crippen LogP contribution in [0.3, 0.4) is 0 Å². The van der Waals surface area contributed by atoms with Gasteiger partial charge < -0.3 is 14.8 Å². The van der Waals surface area contributed by atoms with Crippen LogP contribution in [0, 0.1) is 12.8 Å². The zero-order chi connectivity index (χ0) is 25.1. The minimum absolute atomic E-state index is 0.0129. The normalized spacial score (nSPS) is 19.1. The Labute approximate surface area is 210 Å². The fourth-order valence-electron chi connectivity index (χ4n) is 5.12. The minimum Gasteiger partial charge on any atom is -0.336 e. The summed E-state index contributed by atoms with van der Waals surface area (Å²) in [6.45, 7) is 3.64. The molecule has 2 bridgehead atoms. The van der Waals surface area contributed by atoms with Crippen LogP contribution >= 0.6 is 0 Å². The molecule has 0 spiro atoms. The van der Waals surface area contributed by atoms with Crippen molar-refractivity contribution in [1.29, 1.82) is 0 Å². The highest BCUT2D eigenvalue weighted by molar-refractivity contribution is 6.03. The van der Waals surface area contributed by atoms with Gasteiger partial charge in [0.2, 0.25) is 0 Å². The number of amides is 2. The highest BCUT2D eigenvalue weighted by Gasteiger charge is 2.37. The smallest absolute Gasteiger partial charge is 0.270 e. The third-order valence-electron chi connectivity index (χ3n) is 6.91. The monoisotopic (exact) mass is 479 g/mol. The SMILES string of the molecule is Cc1ccc(C(=O)N/C(=C/C=C/c2ccccc2)C(=O)N2CC3CC(C2)c2cccc(=O)n2C3)cc1. The third-order valence-corrected chi connectivity index (χ3v) is 6.91. The van der Waals surface area contributed by atoms with Crippen molar-refractivity contribution in [3.8, 4) is 0 Å². The van der Waals surface area contributed by atoms with Crippen LogP contribution in [0.4, 0.5) is 0 Å². The molecule has 2 atom stereocenters. The molecular formula is C30H29N3O3. The Morgan fingerprint density at radius 1 is 0.917 bits per heavy atom. The molecule has 2 amide bonds. The van der Waals surface area contributed by atoms with Gasteiger partial charge in [0.25, 0.3) is 17.4 Å². The Hall–Kier alpha value is -4.19. The number of fused-ring (bicyclic) bond motifs is 4. The molecular weight excluding hydrogens is 450 g/mol. The summed E-state index contributed by atoms with van der Waals surface area (Å²) in [6.07, 6.45) is 6.32. The average Bonchev–Trinajstić information content (AvgIpc) is 2.89. The summed E-state index contributed by atoms with van der Waals surface area (Å²) in [5.74, 6) is -0.232. The lowest BCUT2D eigenvalue weighted by Gasteiger charge is -2.42. The van der Waals surface area contributed by atoms with Crippen molar-refractivity contribution in [2.45, 2.75) is 25.8 Å². The predicted molar refractivity (Wildman–Crippen MR) is 140 cm³/mol. The van der Waals surface area contributed by atoms with E-state index < -0.39 is 0 Å². The van der Waals surface area contributed by atoms with Crippen LogP contribution in [0.25, 0.3) is 6.08 Å². The van der Waals surface area contributed by atoms with E-state index in [1.54, 1.807) is 36.4 Å². The number of aromatic nitrogens is 1. The van der Waals surface area contributed by atoms with Gasteiger partial charge in [-0.15, -0.1) is 0 Å². The first-order chi connectivity index (χ1) is 17.5. The first-order valence-corrected chi connectivity index (χ1v) is 12.3. The maximum absolute atomic E-state index is 13.7. The summed E-state index contributed by atoms with van der Waals surface area (Å²) in [5, 5.41) is 2.85. The molecule has 1 N–H and O–H groups in total. The lowest BCUT2D eigenvalue weighted by molar-refractivity contribution is -0.130. The molecule has 6 nitrogen and oxygen atoms in total. The van der Waals surface area contributed by atoms with Gasteiger partial charge >= 0.3 is 0 Å². The lowest BCUT2D eigenvalue weighted by Crippen LogP contribution is -2.50. The standard InChI is InChI=1S/C30H29N3O3/c1-21-13-15-24(16-14-21)29(35)31-26(10-5-9-22-7-3-2-4-8-22)30(36)32-18-23-17-25(20-32)27-11-6-12-28(34)33(27)19-23/h2-16,23,25H,17-20H2,1H3,(H,31,35)/b9-5+,26-10+. The number of likely N-dealkylation sites (tertiary alicyclic amines) is 1. The van der Waals surface area contributed by atoms with Crippen molar-refractivity contribution in [1.82, 2.24) is 14.8 Å². The van der Waals surface area contributed by atoms with Crippen LogP contribution in [-0.2, 0) is 11.3 Å². The lowest BCUT2D eigenvalue weighted by atomic mass is 9.83. The highest BCUT2D eigenvalue weighted by Crippen LogP contribution is 2.35. The molecule has 3 heterocycles. The molecule has 1 saturated heterocycles. The zero-order valence-corrected chi connectivity index (χ0v) is 20.3. The minimum atomic E-state index is -0.322. The molecule has 0 aliphatic carbocycles. The third kappa shape index (κ3) is 5.08. The maximum atomic E-state index is 13.7. The number of allylic oxidation sites excluding steroid dienone is 2. The van der Waals surface area contributed by atoms with E-state index in [4.69, 9.17) is 0 Å². The van der Waals surface area contributed by atoms with E-state index in [9.17, 15) is 14.4 Å². The van der Waals surface area contributed by atoms with E-state index in [1.165, 1.54) is 0 Å². The van der Waals surface area contributed by atoms with E-state index >= 15 is 0 Å². The number of piperidine rings is 1. The predicted octanol–water partition coefficient (Wildman–Crippen LogP) is 4.13. The molecule has 3 aromatic rings. The summed E-state index contributed by atoms with van der Waals surface area (Å²) in [5.41, 5.74) is 3.78. The van der Waals surface area contributed by atoms with Gasteiger partial charge in [-0.3, -0.25) is 14.4 Å². The summed E-state index contributed by atoms with van der Waals surface area (Å²) in [4.78, 5) is 40.9. The van der Waals surface area contributed by atoms with E-state index in [-0.39, 0.29) is 34.9 Å². The number of nitrogens with one attached hydrogen (secondary N) is 1. The van der Waals surface area contributed by atoms with Crippen molar-refractivity contribution in [3.05, 3.63) is 123 Å². The Morgan fingerprint density at radius 3 is 2.47 bits per heavy atom. The van der Waals surface area contributed by atoms with Crippen LogP contribution in [0.15, 0.2) is 95.4 Å². The molecule has 5 rings (SSSR count).